The van der Waals surface area contributed by atoms with Gasteiger partial charge in [0.2, 0.25) is 11.3 Å². The van der Waals surface area contributed by atoms with Crippen molar-refractivity contribution in [2.24, 2.45) is 0 Å². The Hall–Kier alpha value is -2.47. The van der Waals surface area contributed by atoms with Gasteiger partial charge in [-0.1, -0.05) is 40.2 Å². The Morgan fingerprint density at radius 1 is 1.21 bits per heavy atom. The van der Waals surface area contributed by atoms with Crippen molar-refractivity contribution < 1.29 is 4.79 Å². The van der Waals surface area contributed by atoms with Crippen LogP contribution in [0.1, 0.15) is 18.5 Å². The van der Waals surface area contributed by atoms with Crippen molar-refractivity contribution in [1.29, 1.82) is 0 Å². The summed E-state index contributed by atoms with van der Waals surface area (Å²) in [6.07, 6.45) is 1.24. The first-order valence-corrected chi connectivity index (χ1v) is 8.33. The minimum atomic E-state index is -0.160. The number of nitrogens with one attached hydrogen (secondary N) is 1. The van der Waals surface area contributed by atoms with Crippen molar-refractivity contribution in [1.82, 2.24) is 15.1 Å². The average Bonchev–Trinajstić information content (AvgIpc) is 2.58. The van der Waals surface area contributed by atoms with E-state index in [0.717, 1.165) is 10.0 Å². The Labute approximate surface area is 147 Å². The zero-order chi connectivity index (χ0) is 17.1. The van der Waals surface area contributed by atoms with Gasteiger partial charge in [-0.2, -0.15) is 5.10 Å². The van der Waals surface area contributed by atoms with E-state index in [1.165, 1.54) is 6.20 Å². The molecule has 0 radical (unpaired) electrons. The van der Waals surface area contributed by atoms with Gasteiger partial charge in [0, 0.05) is 9.86 Å². The summed E-state index contributed by atoms with van der Waals surface area (Å²) in [5.74, 6) is -0.160. The van der Waals surface area contributed by atoms with Gasteiger partial charge >= 0.3 is 0 Å². The lowest BCUT2D eigenvalue weighted by Gasteiger charge is -2.15. The standard InChI is InChI=1S/C18H16BrN3O2/c1-12(13-6-8-14(19)9-7-13)21-18(24)11-22-16-5-3-2-4-15(16)17(23)10-20-22/h2-10,12H,11H2,1H3,(H,21,24)/t12-/m1/s1. The SMILES string of the molecule is C[C@@H](NC(=O)Cn1ncc(=O)c2ccccc21)c1ccc(Br)cc1. The summed E-state index contributed by atoms with van der Waals surface area (Å²) in [7, 11) is 0. The van der Waals surface area contributed by atoms with Crippen LogP contribution in [0.3, 0.4) is 0 Å². The lowest BCUT2D eigenvalue weighted by molar-refractivity contribution is -0.122. The quantitative estimate of drug-likeness (QED) is 0.750. The normalized spacial score (nSPS) is 12.1. The van der Waals surface area contributed by atoms with E-state index in [9.17, 15) is 9.59 Å². The number of amides is 1. The van der Waals surface area contributed by atoms with Crippen LogP contribution in [-0.2, 0) is 11.3 Å². The zero-order valence-electron chi connectivity index (χ0n) is 13.1. The molecule has 1 N–H and O–H groups in total. The van der Waals surface area contributed by atoms with Crippen molar-refractivity contribution in [2.45, 2.75) is 19.5 Å². The predicted octanol–water partition coefficient (Wildman–Crippen LogP) is 3.04. The summed E-state index contributed by atoms with van der Waals surface area (Å²) in [6, 6.07) is 14.8. The van der Waals surface area contributed by atoms with Crippen LogP contribution >= 0.6 is 15.9 Å². The van der Waals surface area contributed by atoms with Gasteiger partial charge < -0.3 is 5.32 Å². The van der Waals surface area contributed by atoms with Gasteiger partial charge in [0.05, 0.1) is 17.8 Å². The van der Waals surface area contributed by atoms with Crippen LogP contribution in [0.2, 0.25) is 0 Å². The molecule has 0 saturated heterocycles. The molecular formula is C18H16BrN3O2. The average molecular weight is 386 g/mol. The monoisotopic (exact) mass is 385 g/mol. The van der Waals surface area contributed by atoms with Crippen LogP contribution < -0.4 is 10.7 Å². The van der Waals surface area contributed by atoms with Crippen LogP contribution in [-0.4, -0.2) is 15.7 Å². The number of carbonyl (C=O) groups excluding carboxylic acids is 1. The molecule has 3 aromatic rings. The fourth-order valence-electron chi connectivity index (χ4n) is 2.54. The minimum Gasteiger partial charge on any atom is -0.348 e. The van der Waals surface area contributed by atoms with E-state index in [0.29, 0.717) is 10.9 Å². The van der Waals surface area contributed by atoms with Crippen molar-refractivity contribution in [3.05, 3.63) is 75.0 Å². The molecule has 122 valence electrons. The molecule has 0 fully saturated rings. The third kappa shape index (κ3) is 3.54. The predicted molar refractivity (Wildman–Crippen MR) is 96.7 cm³/mol. The lowest BCUT2D eigenvalue weighted by atomic mass is 10.1. The van der Waals surface area contributed by atoms with Crippen molar-refractivity contribution in [2.75, 3.05) is 0 Å². The Balaban J connectivity index is 1.77. The number of halogens is 1. The molecule has 1 amide bonds. The van der Waals surface area contributed by atoms with Crippen LogP contribution in [0.25, 0.3) is 10.9 Å². The van der Waals surface area contributed by atoms with Crippen LogP contribution in [0.4, 0.5) is 0 Å². The minimum absolute atomic E-state index is 0.0572. The van der Waals surface area contributed by atoms with E-state index in [1.807, 2.05) is 37.3 Å². The van der Waals surface area contributed by atoms with Gasteiger partial charge in [-0.15, -0.1) is 0 Å². The maximum Gasteiger partial charge on any atom is 0.242 e. The number of para-hydroxylation sites is 1. The number of rotatable bonds is 4. The summed E-state index contributed by atoms with van der Waals surface area (Å²) in [5, 5.41) is 7.58. The summed E-state index contributed by atoms with van der Waals surface area (Å²) in [5.41, 5.74) is 1.52. The molecule has 1 aromatic heterocycles. The van der Waals surface area contributed by atoms with Gasteiger partial charge in [0.25, 0.3) is 0 Å². The van der Waals surface area contributed by atoms with Gasteiger partial charge in [0.15, 0.2) is 0 Å². The van der Waals surface area contributed by atoms with Crippen molar-refractivity contribution in [3.63, 3.8) is 0 Å². The van der Waals surface area contributed by atoms with Gasteiger partial charge in [-0.25, -0.2) is 0 Å². The summed E-state index contributed by atoms with van der Waals surface area (Å²) in [4.78, 5) is 24.2. The third-order valence-electron chi connectivity index (χ3n) is 3.80. The van der Waals surface area contributed by atoms with E-state index >= 15 is 0 Å². The first kappa shape index (κ1) is 16.4. The number of nitrogens with zero attached hydrogens (tertiary/aromatic N) is 2. The Morgan fingerprint density at radius 2 is 1.92 bits per heavy atom. The van der Waals surface area contributed by atoms with E-state index in [2.05, 4.69) is 26.3 Å². The largest absolute Gasteiger partial charge is 0.348 e. The van der Waals surface area contributed by atoms with Crippen molar-refractivity contribution >= 4 is 32.7 Å². The smallest absolute Gasteiger partial charge is 0.242 e. The molecule has 0 aliphatic carbocycles. The van der Waals surface area contributed by atoms with Gasteiger partial charge in [-0.05, 0) is 36.8 Å². The molecule has 0 aliphatic rings. The van der Waals surface area contributed by atoms with E-state index in [4.69, 9.17) is 0 Å². The summed E-state index contributed by atoms with van der Waals surface area (Å²) >= 11 is 3.39. The second-order valence-corrected chi connectivity index (χ2v) is 6.44. The van der Waals surface area contributed by atoms with E-state index in [-0.39, 0.29) is 23.9 Å². The number of hydrogen-bond acceptors (Lipinski definition) is 3. The Morgan fingerprint density at radius 3 is 2.67 bits per heavy atom. The van der Waals surface area contributed by atoms with Crippen LogP contribution in [0.15, 0.2) is 64.0 Å². The fraction of sp³-hybridized carbons (Fsp3) is 0.167. The van der Waals surface area contributed by atoms with Gasteiger partial charge in [0.1, 0.15) is 6.54 Å². The van der Waals surface area contributed by atoms with Crippen molar-refractivity contribution in [3.8, 4) is 0 Å². The highest BCUT2D eigenvalue weighted by Crippen LogP contribution is 2.16. The number of carbonyl (C=O) groups is 1. The molecule has 0 bridgehead atoms. The number of benzene rings is 2. The maximum atomic E-state index is 12.3. The lowest BCUT2D eigenvalue weighted by Crippen LogP contribution is -2.31. The molecule has 5 nitrogen and oxygen atoms in total. The van der Waals surface area contributed by atoms with E-state index < -0.39 is 0 Å². The molecule has 2 aromatic carbocycles. The molecule has 1 atom stereocenters. The molecule has 6 heteroatoms. The summed E-state index contributed by atoms with van der Waals surface area (Å²) in [6.45, 7) is 1.99. The highest BCUT2D eigenvalue weighted by atomic mass is 79.9. The third-order valence-corrected chi connectivity index (χ3v) is 4.33. The molecule has 0 saturated carbocycles. The zero-order valence-corrected chi connectivity index (χ0v) is 14.7. The van der Waals surface area contributed by atoms with E-state index in [1.54, 1.807) is 22.9 Å². The summed E-state index contributed by atoms with van der Waals surface area (Å²) < 4.78 is 2.54. The first-order valence-electron chi connectivity index (χ1n) is 7.54. The fourth-order valence-corrected chi connectivity index (χ4v) is 2.81. The molecule has 0 aliphatic heterocycles. The highest BCUT2D eigenvalue weighted by Gasteiger charge is 2.12. The molecule has 24 heavy (non-hydrogen) atoms. The Bertz CT molecular complexity index is 935. The maximum absolute atomic E-state index is 12.3. The second kappa shape index (κ2) is 6.97. The van der Waals surface area contributed by atoms with Crippen LogP contribution in [0, 0.1) is 0 Å². The molecule has 3 rings (SSSR count). The molecule has 0 spiro atoms. The Kier molecular flexibility index (Phi) is 4.76. The number of aromatic nitrogens is 2. The molecule has 1 heterocycles. The number of fused-ring (bicyclic) bond motifs is 1. The first-order chi connectivity index (χ1) is 11.5. The molecular weight excluding hydrogens is 370 g/mol. The topological polar surface area (TPSA) is 64.0 Å². The highest BCUT2D eigenvalue weighted by molar-refractivity contribution is 9.10. The number of hydrogen-bond donors (Lipinski definition) is 1. The second-order valence-electron chi connectivity index (χ2n) is 5.52. The van der Waals surface area contributed by atoms with Gasteiger partial charge in [-0.3, -0.25) is 14.3 Å². The van der Waals surface area contributed by atoms with Crippen LogP contribution in [0.5, 0.6) is 0 Å². The molecule has 0 unspecified atom stereocenters.